The first-order valence-corrected chi connectivity index (χ1v) is 14.5. The summed E-state index contributed by atoms with van der Waals surface area (Å²) < 4.78 is 5.21. The lowest BCUT2D eigenvalue weighted by atomic mass is 10.1. The molecule has 1 aliphatic heterocycles. The molecule has 1 aromatic rings. The number of para-hydroxylation sites is 1. The van der Waals surface area contributed by atoms with Gasteiger partial charge in [-0.2, -0.15) is 0 Å². The predicted molar refractivity (Wildman–Crippen MR) is 152 cm³/mol. The van der Waals surface area contributed by atoms with Crippen LogP contribution in [0.4, 0.5) is 10.5 Å². The van der Waals surface area contributed by atoms with E-state index in [1.807, 2.05) is 0 Å². The van der Waals surface area contributed by atoms with Crippen LogP contribution in [0, 0.1) is 0 Å². The lowest BCUT2D eigenvalue weighted by Crippen LogP contribution is -2.52. The number of ether oxygens (including phenoxy) is 1. The quantitative estimate of drug-likeness (QED) is 0.154. The van der Waals surface area contributed by atoms with Gasteiger partial charge in [-0.1, -0.05) is 57.2 Å². The Labute approximate surface area is 241 Å². The predicted octanol–water partition coefficient (Wildman–Crippen LogP) is 2.96. The molecule has 0 spiro atoms. The maximum absolute atomic E-state index is 13.1. The second-order valence-corrected chi connectivity index (χ2v) is 10.3. The summed E-state index contributed by atoms with van der Waals surface area (Å²) >= 11 is 0. The summed E-state index contributed by atoms with van der Waals surface area (Å²) in [7, 11) is 0. The van der Waals surface area contributed by atoms with Crippen LogP contribution in [-0.4, -0.2) is 71.3 Å². The van der Waals surface area contributed by atoms with Crippen molar-refractivity contribution in [3.63, 3.8) is 0 Å². The van der Waals surface area contributed by atoms with Gasteiger partial charge < -0.3 is 31.3 Å². The molecular weight excluding hydrogens is 532 g/mol. The number of amides is 3. The highest BCUT2D eigenvalue weighted by atomic mass is 16.5. The summed E-state index contributed by atoms with van der Waals surface area (Å²) in [5.41, 5.74) is 6.74. The number of nitrogens with one attached hydrogen (secondary N) is 2. The summed E-state index contributed by atoms with van der Waals surface area (Å²) in [6, 6.07) is 3.29. The largest absolute Gasteiger partial charge is 0.480 e. The summed E-state index contributed by atoms with van der Waals surface area (Å²) in [4.78, 5) is 63.3. The molecule has 0 radical (unpaired) electrons. The van der Waals surface area contributed by atoms with Crippen LogP contribution in [-0.2, 0) is 30.3 Å². The first-order valence-electron chi connectivity index (χ1n) is 14.5. The van der Waals surface area contributed by atoms with Gasteiger partial charge in [-0.25, -0.2) is 14.4 Å². The summed E-state index contributed by atoms with van der Waals surface area (Å²) in [6.07, 6.45) is 6.33. The van der Waals surface area contributed by atoms with Gasteiger partial charge in [-0.15, -0.1) is 0 Å². The molecule has 0 unspecified atom stereocenters. The van der Waals surface area contributed by atoms with Crippen molar-refractivity contribution in [2.24, 2.45) is 5.73 Å². The molecule has 41 heavy (non-hydrogen) atoms. The highest BCUT2D eigenvalue weighted by molar-refractivity contribution is 6.02. The van der Waals surface area contributed by atoms with Crippen molar-refractivity contribution >= 4 is 35.5 Å². The number of carboxylic acid groups (broad SMARTS) is 2. The molecule has 0 aromatic heterocycles. The molecular formula is C29H44N4O8. The van der Waals surface area contributed by atoms with Crippen molar-refractivity contribution in [2.45, 2.75) is 102 Å². The minimum Gasteiger partial charge on any atom is -0.480 e. The molecule has 1 aliphatic rings. The number of alkyl carbamates (subject to hydrolysis) is 1. The number of aliphatic carboxylic acids is 2. The number of hydrogen-bond donors (Lipinski definition) is 5. The minimum atomic E-state index is -1.43. The van der Waals surface area contributed by atoms with E-state index < -0.39 is 48.0 Å². The van der Waals surface area contributed by atoms with E-state index in [1.165, 1.54) is 11.3 Å². The van der Waals surface area contributed by atoms with Gasteiger partial charge in [0.05, 0.1) is 6.61 Å². The third-order valence-corrected chi connectivity index (χ3v) is 7.08. The van der Waals surface area contributed by atoms with Crippen molar-refractivity contribution in [3.8, 4) is 0 Å². The fourth-order valence-electron chi connectivity index (χ4n) is 4.80. The first kappa shape index (κ1) is 33.5. The van der Waals surface area contributed by atoms with Crippen LogP contribution in [0.3, 0.4) is 0 Å². The molecule has 0 bridgehead atoms. The molecule has 2 rings (SSSR count). The van der Waals surface area contributed by atoms with E-state index in [0.717, 1.165) is 25.7 Å². The first-order chi connectivity index (χ1) is 19.7. The monoisotopic (exact) mass is 576 g/mol. The van der Waals surface area contributed by atoms with Crippen molar-refractivity contribution in [1.82, 2.24) is 10.6 Å². The summed E-state index contributed by atoms with van der Waals surface area (Å²) in [5, 5.41) is 24.3. The molecule has 1 heterocycles. The third-order valence-electron chi connectivity index (χ3n) is 7.08. The SMILES string of the molecule is CCCCCCCCOC(=O)N[C@@H](CCCCN)C(=O)N[C@H](CCC(=O)N1c2ccccc2C[C@H]1C(=O)O)C(=O)O. The molecule has 0 aliphatic carbocycles. The van der Waals surface area contributed by atoms with Crippen LogP contribution in [0.5, 0.6) is 0 Å². The molecule has 3 amide bonds. The second kappa shape index (κ2) is 17.9. The van der Waals surface area contributed by atoms with Crippen LogP contribution in [0.25, 0.3) is 0 Å². The van der Waals surface area contributed by atoms with Crippen molar-refractivity contribution < 1.29 is 38.9 Å². The molecule has 228 valence electrons. The normalized spacial score (nSPS) is 15.5. The van der Waals surface area contributed by atoms with Gasteiger partial charge in [0.1, 0.15) is 18.1 Å². The van der Waals surface area contributed by atoms with Gasteiger partial charge >= 0.3 is 18.0 Å². The Morgan fingerprint density at radius 3 is 2.34 bits per heavy atom. The standard InChI is InChI=1S/C29H44N4O8/c1-2-3-4-5-6-11-18-41-29(40)32-21(13-9-10-17-30)26(35)31-22(27(36)37)15-16-25(34)33-23-14-8-7-12-20(23)19-24(33)28(38)39/h7-8,12,14,21-22,24H,2-6,9-11,13,15-19,30H2,1H3,(H,31,35)(H,32,40)(H,36,37)(H,38,39)/t21-,22+,24-/m0/s1. The number of unbranched alkanes of at least 4 members (excludes halogenated alkanes) is 6. The van der Waals surface area contributed by atoms with Gasteiger partial charge in [-0.05, 0) is 50.3 Å². The van der Waals surface area contributed by atoms with Crippen LogP contribution in [0.2, 0.25) is 0 Å². The number of rotatable bonds is 19. The van der Waals surface area contributed by atoms with Crippen molar-refractivity contribution in [2.75, 3.05) is 18.1 Å². The van der Waals surface area contributed by atoms with Gasteiger partial charge in [-0.3, -0.25) is 14.5 Å². The van der Waals surface area contributed by atoms with Crippen molar-refractivity contribution in [1.29, 1.82) is 0 Å². The van der Waals surface area contributed by atoms with Gasteiger partial charge in [0.2, 0.25) is 11.8 Å². The van der Waals surface area contributed by atoms with Crippen LogP contribution >= 0.6 is 0 Å². The number of benzene rings is 1. The molecule has 0 saturated carbocycles. The minimum absolute atomic E-state index is 0.154. The Hall–Kier alpha value is -3.67. The van der Waals surface area contributed by atoms with Gasteiger partial charge in [0.25, 0.3) is 0 Å². The van der Waals surface area contributed by atoms with E-state index in [9.17, 15) is 34.2 Å². The summed E-state index contributed by atoms with van der Waals surface area (Å²) in [5.74, 6) is -3.78. The highest BCUT2D eigenvalue weighted by Crippen LogP contribution is 2.33. The zero-order chi connectivity index (χ0) is 30.2. The Balaban J connectivity index is 1.96. The van der Waals surface area contributed by atoms with Gasteiger partial charge in [0, 0.05) is 18.5 Å². The van der Waals surface area contributed by atoms with E-state index in [4.69, 9.17) is 10.5 Å². The highest BCUT2D eigenvalue weighted by Gasteiger charge is 2.38. The zero-order valence-corrected chi connectivity index (χ0v) is 23.8. The maximum Gasteiger partial charge on any atom is 0.407 e. The molecule has 3 atom stereocenters. The van der Waals surface area contributed by atoms with E-state index in [0.29, 0.717) is 37.1 Å². The average molecular weight is 577 g/mol. The number of nitrogens with two attached hydrogens (primary N) is 1. The molecule has 0 saturated heterocycles. The molecule has 1 aromatic carbocycles. The number of nitrogens with zero attached hydrogens (tertiary/aromatic N) is 1. The van der Waals surface area contributed by atoms with E-state index >= 15 is 0 Å². The fourth-order valence-corrected chi connectivity index (χ4v) is 4.80. The molecule has 12 heteroatoms. The Kier molecular flexibility index (Phi) is 14.6. The zero-order valence-electron chi connectivity index (χ0n) is 23.8. The van der Waals surface area contributed by atoms with E-state index in [1.54, 1.807) is 24.3 Å². The second-order valence-electron chi connectivity index (χ2n) is 10.3. The number of anilines is 1. The topological polar surface area (TPSA) is 188 Å². The smallest absolute Gasteiger partial charge is 0.407 e. The van der Waals surface area contributed by atoms with Crippen molar-refractivity contribution in [3.05, 3.63) is 29.8 Å². The van der Waals surface area contributed by atoms with E-state index in [2.05, 4.69) is 17.6 Å². The molecule has 0 fully saturated rings. The van der Waals surface area contributed by atoms with E-state index in [-0.39, 0.29) is 32.3 Å². The number of carbonyl (C=O) groups excluding carboxylic acids is 3. The average Bonchev–Trinajstić information content (AvgIpc) is 3.34. The molecule has 12 nitrogen and oxygen atoms in total. The van der Waals surface area contributed by atoms with Gasteiger partial charge in [0.15, 0.2) is 0 Å². The Morgan fingerprint density at radius 1 is 0.951 bits per heavy atom. The van der Waals surface area contributed by atoms with Crippen LogP contribution < -0.4 is 21.3 Å². The lowest BCUT2D eigenvalue weighted by molar-refractivity contribution is -0.143. The van der Waals surface area contributed by atoms with Crippen LogP contribution in [0.1, 0.15) is 83.1 Å². The Morgan fingerprint density at radius 2 is 1.66 bits per heavy atom. The number of carboxylic acids is 2. The number of fused-ring (bicyclic) bond motifs is 1. The number of carbonyl (C=O) groups is 5. The maximum atomic E-state index is 13.1. The van der Waals surface area contributed by atoms with Crippen LogP contribution in [0.15, 0.2) is 24.3 Å². The fraction of sp³-hybridized carbons (Fsp3) is 0.621. The molecule has 6 N–H and O–H groups in total. The number of hydrogen-bond acceptors (Lipinski definition) is 7. The lowest BCUT2D eigenvalue weighted by Gasteiger charge is -2.24. The third kappa shape index (κ3) is 11.0. The Bertz CT molecular complexity index is 1030. The summed E-state index contributed by atoms with van der Waals surface area (Å²) in [6.45, 7) is 2.75.